The lowest BCUT2D eigenvalue weighted by molar-refractivity contribution is 0.126. The van der Waals surface area contributed by atoms with Gasteiger partial charge in [-0.2, -0.15) is 0 Å². The SMILES string of the molecule is CC(C(C)[C@H](C)C(C)C)C(C)[C@@H](C)C(C)C. The van der Waals surface area contributed by atoms with Gasteiger partial charge in [0.2, 0.25) is 0 Å². The van der Waals surface area contributed by atoms with Crippen molar-refractivity contribution in [1.29, 1.82) is 0 Å². The third-order valence-corrected chi connectivity index (χ3v) is 5.42. The van der Waals surface area contributed by atoms with E-state index in [1.807, 2.05) is 0 Å². The fourth-order valence-electron chi connectivity index (χ4n) is 2.65. The molecule has 0 amide bonds. The summed E-state index contributed by atoms with van der Waals surface area (Å²) in [5.41, 5.74) is 0. The predicted octanol–water partition coefficient (Wildman–Crippen LogP) is 5.48. The van der Waals surface area contributed by atoms with Gasteiger partial charge in [0, 0.05) is 0 Å². The van der Waals surface area contributed by atoms with Crippen molar-refractivity contribution in [1.82, 2.24) is 0 Å². The van der Waals surface area contributed by atoms with Crippen molar-refractivity contribution in [3.63, 3.8) is 0 Å². The summed E-state index contributed by atoms with van der Waals surface area (Å²) >= 11 is 0. The van der Waals surface area contributed by atoms with Gasteiger partial charge >= 0.3 is 0 Å². The van der Waals surface area contributed by atoms with Crippen LogP contribution in [0.3, 0.4) is 0 Å². The lowest BCUT2D eigenvalue weighted by atomic mass is 9.69. The van der Waals surface area contributed by atoms with Crippen LogP contribution in [-0.2, 0) is 0 Å². The van der Waals surface area contributed by atoms with E-state index in [0.29, 0.717) is 0 Å². The minimum atomic E-state index is 0.805. The van der Waals surface area contributed by atoms with Gasteiger partial charge in [0.1, 0.15) is 0 Å². The van der Waals surface area contributed by atoms with E-state index in [9.17, 15) is 0 Å². The van der Waals surface area contributed by atoms with Crippen LogP contribution in [0.4, 0.5) is 0 Å². The number of rotatable bonds is 6. The zero-order valence-electron chi connectivity index (χ0n) is 13.0. The van der Waals surface area contributed by atoms with Crippen LogP contribution in [0, 0.1) is 41.4 Å². The van der Waals surface area contributed by atoms with Crippen LogP contribution < -0.4 is 0 Å². The molecule has 98 valence electrons. The fraction of sp³-hybridized carbons (Fsp3) is 1.00. The van der Waals surface area contributed by atoms with Crippen molar-refractivity contribution < 1.29 is 0 Å². The monoisotopic (exact) mass is 226 g/mol. The Morgan fingerprint density at radius 2 is 0.500 bits per heavy atom. The van der Waals surface area contributed by atoms with E-state index >= 15 is 0 Å². The molecular weight excluding hydrogens is 192 g/mol. The second-order valence-electron chi connectivity index (χ2n) is 6.78. The van der Waals surface area contributed by atoms with E-state index in [2.05, 4.69) is 62.3 Å². The van der Waals surface area contributed by atoms with Gasteiger partial charge in [-0.05, 0) is 41.4 Å². The van der Waals surface area contributed by atoms with Crippen molar-refractivity contribution in [3.8, 4) is 0 Å². The Morgan fingerprint density at radius 3 is 0.688 bits per heavy atom. The molecule has 0 radical (unpaired) electrons. The number of hydrogen-bond acceptors (Lipinski definition) is 0. The van der Waals surface area contributed by atoms with Gasteiger partial charge in [-0.25, -0.2) is 0 Å². The van der Waals surface area contributed by atoms with Gasteiger partial charge < -0.3 is 0 Å². The summed E-state index contributed by atoms with van der Waals surface area (Å²) in [7, 11) is 0. The minimum absolute atomic E-state index is 0.805. The van der Waals surface area contributed by atoms with Gasteiger partial charge in [0.05, 0.1) is 0 Å². The first-order valence-corrected chi connectivity index (χ1v) is 7.20. The Bertz CT molecular complexity index is 160. The normalized spacial score (nSPS) is 21.9. The molecule has 0 aromatic carbocycles. The first-order chi connectivity index (χ1) is 7.20. The van der Waals surface area contributed by atoms with Gasteiger partial charge in [-0.1, -0.05) is 62.3 Å². The van der Waals surface area contributed by atoms with E-state index in [0.717, 1.165) is 41.4 Å². The van der Waals surface area contributed by atoms with Crippen LogP contribution in [0.2, 0.25) is 0 Å². The molecule has 0 bridgehead atoms. The second-order valence-corrected chi connectivity index (χ2v) is 6.78. The molecule has 0 aliphatic carbocycles. The molecule has 0 heteroatoms. The molecule has 0 N–H and O–H groups in total. The largest absolute Gasteiger partial charge is 0.0625 e. The third kappa shape index (κ3) is 4.11. The van der Waals surface area contributed by atoms with Crippen LogP contribution in [0.25, 0.3) is 0 Å². The van der Waals surface area contributed by atoms with Crippen LogP contribution in [0.5, 0.6) is 0 Å². The van der Waals surface area contributed by atoms with Crippen LogP contribution >= 0.6 is 0 Å². The minimum Gasteiger partial charge on any atom is -0.0625 e. The maximum Gasteiger partial charge on any atom is -0.0386 e. The van der Waals surface area contributed by atoms with Crippen molar-refractivity contribution in [2.24, 2.45) is 41.4 Å². The van der Waals surface area contributed by atoms with Crippen LogP contribution in [0.1, 0.15) is 62.3 Å². The molecule has 0 aromatic heterocycles. The Balaban J connectivity index is 4.48. The Hall–Kier alpha value is 0. The lowest BCUT2D eigenvalue weighted by Crippen LogP contribution is -2.30. The van der Waals surface area contributed by atoms with Gasteiger partial charge in [-0.3, -0.25) is 0 Å². The molecule has 0 heterocycles. The third-order valence-electron chi connectivity index (χ3n) is 5.42. The Kier molecular flexibility index (Phi) is 6.67. The molecule has 0 aliphatic rings. The summed E-state index contributed by atoms with van der Waals surface area (Å²) in [4.78, 5) is 0. The molecule has 3 unspecified atom stereocenters. The highest BCUT2D eigenvalue weighted by molar-refractivity contribution is 4.78. The molecule has 0 aromatic rings. The highest BCUT2D eigenvalue weighted by atomic mass is 14.3. The van der Waals surface area contributed by atoms with E-state index in [4.69, 9.17) is 0 Å². The lowest BCUT2D eigenvalue weighted by Gasteiger charge is -2.36. The molecular formula is C16H34. The van der Waals surface area contributed by atoms with Crippen molar-refractivity contribution in [3.05, 3.63) is 0 Å². The molecule has 0 spiro atoms. The van der Waals surface area contributed by atoms with Crippen LogP contribution in [-0.4, -0.2) is 0 Å². The van der Waals surface area contributed by atoms with Gasteiger partial charge in [0.25, 0.3) is 0 Å². The van der Waals surface area contributed by atoms with Crippen LogP contribution in [0.15, 0.2) is 0 Å². The standard InChI is InChI=1S/C16H34/c1-10(2)12(5)14(7)16(9)15(8)13(6)11(3)4/h10-16H,1-9H3/t12-,13+,14?,15?,16?. The van der Waals surface area contributed by atoms with E-state index in [1.165, 1.54) is 0 Å². The van der Waals surface area contributed by atoms with Crippen molar-refractivity contribution >= 4 is 0 Å². The van der Waals surface area contributed by atoms with Gasteiger partial charge in [0.15, 0.2) is 0 Å². The van der Waals surface area contributed by atoms with Crippen molar-refractivity contribution in [2.75, 3.05) is 0 Å². The number of hydrogen-bond donors (Lipinski definition) is 0. The highest BCUT2D eigenvalue weighted by Gasteiger charge is 2.29. The molecule has 0 rings (SSSR count). The molecule has 0 aliphatic heterocycles. The quantitative estimate of drug-likeness (QED) is 0.562. The molecule has 5 atom stereocenters. The molecule has 16 heavy (non-hydrogen) atoms. The maximum atomic E-state index is 2.45. The first kappa shape index (κ1) is 16.0. The average Bonchev–Trinajstić information content (AvgIpc) is 2.23. The maximum absolute atomic E-state index is 2.45. The molecule has 0 saturated heterocycles. The molecule has 0 saturated carbocycles. The smallest absolute Gasteiger partial charge is 0.0386 e. The predicted molar refractivity (Wildman–Crippen MR) is 75.5 cm³/mol. The van der Waals surface area contributed by atoms with Gasteiger partial charge in [-0.15, -0.1) is 0 Å². The average molecular weight is 226 g/mol. The summed E-state index contributed by atoms with van der Waals surface area (Å²) in [5.74, 6) is 5.76. The van der Waals surface area contributed by atoms with E-state index in [1.54, 1.807) is 0 Å². The summed E-state index contributed by atoms with van der Waals surface area (Å²) in [6, 6.07) is 0. The van der Waals surface area contributed by atoms with E-state index in [-0.39, 0.29) is 0 Å². The summed E-state index contributed by atoms with van der Waals surface area (Å²) in [6.07, 6.45) is 0. The summed E-state index contributed by atoms with van der Waals surface area (Å²) < 4.78 is 0. The summed E-state index contributed by atoms with van der Waals surface area (Å²) in [5, 5.41) is 0. The van der Waals surface area contributed by atoms with E-state index < -0.39 is 0 Å². The molecule has 0 nitrogen and oxygen atoms in total. The Morgan fingerprint density at radius 1 is 0.312 bits per heavy atom. The zero-order valence-corrected chi connectivity index (χ0v) is 13.0. The Labute approximate surface area is 104 Å². The topological polar surface area (TPSA) is 0 Å². The highest BCUT2D eigenvalue weighted by Crippen LogP contribution is 2.36. The van der Waals surface area contributed by atoms with Crippen molar-refractivity contribution in [2.45, 2.75) is 62.3 Å². The molecule has 0 fully saturated rings. The summed E-state index contributed by atoms with van der Waals surface area (Å²) in [6.45, 7) is 21.6. The fourth-order valence-corrected chi connectivity index (χ4v) is 2.65. The second kappa shape index (κ2) is 6.67. The zero-order chi connectivity index (χ0) is 13.0. The first-order valence-electron chi connectivity index (χ1n) is 7.20.